The number of halogens is 1. The zero-order valence-electron chi connectivity index (χ0n) is 9.72. The molecule has 0 aliphatic rings. The molecule has 0 aliphatic heterocycles. The van der Waals surface area contributed by atoms with Crippen LogP contribution < -0.4 is 15.8 Å². The van der Waals surface area contributed by atoms with Crippen molar-refractivity contribution in [3.63, 3.8) is 0 Å². The normalized spacial score (nSPS) is 10.1. The van der Waals surface area contributed by atoms with Crippen molar-refractivity contribution in [1.29, 1.82) is 0 Å². The molecule has 1 heterocycles. The van der Waals surface area contributed by atoms with Crippen LogP contribution in [0.4, 0.5) is 11.9 Å². The van der Waals surface area contributed by atoms with Gasteiger partial charge in [-0.3, -0.25) is 0 Å². The first-order chi connectivity index (χ1) is 8.67. The molecule has 0 saturated carbocycles. The van der Waals surface area contributed by atoms with Crippen molar-refractivity contribution >= 4 is 27.8 Å². The fraction of sp³-hybridized carbons (Fsp3) is 0.182. The highest BCUT2D eigenvalue weighted by molar-refractivity contribution is 9.10. The summed E-state index contributed by atoms with van der Waals surface area (Å²) in [5, 5.41) is 3.06. The van der Waals surface area contributed by atoms with Gasteiger partial charge in [-0.05, 0) is 17.7 Å². The number of ether oxygens (including phenoxy) is 1. The van der Waals surface area contributed by atoms with E-state index >= 15 is 0 Å². The third kappa shape index (κ3) is 3.30. The molecule has 0 amide bonds. The molecule has 0 unspecified atom stereocenters. The second kappa shape index (κ2) is 5.63. The molecule has 0 saturated heterocycles. The van der Waals surface area contributed by atoms with Crippen molar-refractivity contribution < 1.29 is 4.74 Å². The molecule has 0 fully saturated rings. The topological polar surface area (TPSA) is 86.0 Å². The van der Waals surface area contributed by atoms with Crippen molar-refractivity contribution in [2.75, 3.05) is 18.2 Å². The summed E-state index contributed by atoms with van der Waals surface area (Å²) in [6.45, 7) is 0.597. The van der Waals surface area contributed by atoms with E-state index in [0.717, 1.165) is 10.0 Å². The molecule has 18 heavy (non-hydrogen) atoms. The van der Waals surface area contributed by atoms with E-state index in [1.807, 2.05) is 24.3 Å². The second-order valence-corrected chi connectivity index (χ2v) is 4.40. The van der Waals surface area contributed by atoms with E-state index in [4.69, 9.17) is 10.5 Å². The number of benzene rings is 1. The fourth-order valence-electron chi connectivity index (χ4n) is 1.33. The van der Waals surface area contributed by atoms with Gasteiger partial charge in [0.15, 0.2) is 0 Å². The smallest absolute Gasteiger partial charge is 0.322 e. The molecular formula is C11H12BrN5O. The van der Waals surface area contributed by atoms with E-state index in [2.05, 4.69) is 36.2 Å². The molecule has 1 aromatic heterocycles. The lowest BCUT2D eigenvalue weighted by Gasteiger charge is -2.06. The van der Waals surface area contributed by atoms with Gasteiger partial charge in [0.1, 0.15) is 0 Å². The van der Waals surface area contributed by atoms with Crippen molar-refractivity contribution in [1.82, 2.24) is 15.0 Å². The van der Waals surface area contributed by atoms with Crippen LogP contribution in [0.5, 0.6) is 6.01 Å². The van der Waals surface area contributed by atoms with Crippen LogP contribution in [0, 0.1) is 0 Å². The summed E-state index contributed by atoms with van der Waals surface area (Å²) in [6.07, 6.45) is 0. The Labute approximate surface area is 113 Å². The molecule has 6 nitrogen and oxygen atoms in total. The van der Waals surface area contributed by atoms with Crippen LogP contribution >= 0.6 is 15.9 Å². The molecule has 2 rings (SSSR count). The summed E-state index contributed by atoms with van der Waals surface area (Å²) in [5.41, 5.74) is 6.64. The molecule has 0 atom stereocenters. The average molecular weight is 310 g/mol. The van der Waals surface area contributed by atoms with Crippen LogP contribution in [0.15, 0.2) is 28.7 Å². The van der Waals surface area contributed by atoms with Gasteiger partial charge in [0.2, 0.25) is 11.9 Å². The first-order valence-electron chi connectivity index (χ1n) is 5.21. The Morgan fingerprint density at radius 1 is 1.22 bits per heavy atom. The van der Waals surface area contributed by atoms with Crippen LogP contribution in [0.25, 0.3) is 0 Å². The molecule has 0 radical (unpaired) electrons. The number of nitrogens with zero attached hydrogens (tertiary/aromatic N) is 3. The Morgan fingerprint density at radius 3 is 2.61 bits per heavy atom. The average Bonchev–Trinajstić information content (AvgIpc) is 2.37. The SMILES string of the molecule is COc1nc(N)nc(NCc2ccc(Br)cc2)n1. The van der Waals surface area contributed by atoms with Gasteiger partial charge in [-0.1, -0.05) is 28.1 Å². The molecule has 7 heteroatoms. The lowest BCUT2D eigenvalue weighted by Crippen LogP contribution is -2.08. The van der Waals surface area contributed by atoms with Gasteiger partial charge >= 0.3 is 6.01 Å². The molecule has 94 valence electrons. The maximum atomic E-state index is 5.54. The highest BCUT2D eigenvalue weighted by Gasteiger charge is 2.03. The minimum absolute atomic E-state index is 0.125. The van der Waals surface area contributed by atoms with Gasteiger partial charge < -0.3 is 15.8 Å². The number of aromatic nitrogens is 3. The number of hydrogen-bond donors (Lipinski definition) is 2. The Kier molecular flexibility index (Phi) is 3.93. The molecule has 2 aromatic rings. The van der Waals surface area contributed by atoms with Crippen molar-refractivity contribution in [3.8, 4) is 6.01 Å². The number of rotatable bonds is 4. The van der Waals surface area contributed by atoms with Crippen LogP contribution in [0.3, 0.4) is 0 Å². The Hall–Kier alpha value is -1.89. The van der Waals surface area contributed by atoms with E-state index < -0.39 is 0 Å². The number of methoxy groups -OCH3 is 1. The van der Waals surface area contributed by atoms with Crippen LogP contribution in [-0.2, 0) is 6.54 Å². The fourth-order valence-corrected chi connectivity index (χ4v) is 1.59. The quantitative estimate of drug-likeness (QED) is 0.896. The van der Waals surface area contributed by atoms with Crippen molar-refractivity contribution in [3.05, 3.63) is 34.3 Å². The molecule has 0 bridgehead atoms. The highest BCUT2D eigenvalue weighted by Crippen LogP contribution is 2.12. The first-order valence-corrected chi connectivity index (χ1v) is 6.00. The van der Waals surface area contributed by atoms with Crippen LogP contribution in [-0.4, -0.2) is 22.1 Å². The van der Waals surface area contributed by atoms with Gasteiger partial charge in [0.05, 0.1) is 7.11 Å². The van der Waals surface area contributed by atoms with Gasteiger partial charge in [-0.15, -0.1) is 0 Å². The maximum absolute atomic E-state index is 5.54. The molecule has 0 spiro atoms. The summed E-state index contributed by atoms with van der Waals surface area (Å²) < 4.78 is 5.95. The zero-order valence-corrected chi connectivity index (χ0v) is 11.3. The van der Waals surface area contributed by atoms with Crippen LogP contribution in [0.2, 0.25) is 0 Å². The second-order valence-electron chi connectivity index (χ2n) is 3.48. The Bertz CT molecular complexity index is 531. The van der Waals surface area contributed by atoms with Crippen molar-refractivity contribution in [2.45, 2.75) is 6.54 Å². The zero-order chi connectivity index (χ0) is 13.0. The summed E-state index contributed by atoms with van der Waals surface area (Å²) in [6, 6.07) is 8.14. The highest BCUT2D eigenvalue weighted by atomic mass is 79.9. The molecule has 3 N–H and O–H groups in total. The number of anilines is 2. The molecule has 1 aromatic carbocycles. The van der Waals surface area contributed by atoms with E-state index in [0.29, 0.717) is 12.5 Å². The van der Waals surface area contributed by atoms with E-state index in [9.17, 15) is 0 Å². The number of nitrogens with two attached hydrogens (primary N) is 1. The third-order valence-electron chi connectivity index (χ3n) is 2.18. The van der Waals surface area contributed by atoms with E-state index in [1.54, 1.807) is 0 Å². The lowest BCUT2D eigenvalue weighted by molar-refractivity contribution is 0.379. The van der Waals surface area contributed by atoms with Gasteiger partial charge in [-0.25, -0.2) is 0 Å². The van der Waals surface area contributed by atoms with Crippen LogP contribution in [0.1, 0.15) is 5.56 Å². The maximum Gasteiger partial charge on any atom is 0.322 e. The monoisotopic (exact) mass is 309 g/mol. The summed E-state index contributed by atoms with van der Waals surface area (Å²) in [5.74, 6) is 0.516. The number of hydrogen-bond acceptors (Lipinski definition) is 6. The summed E-state index contributed by atoms with van der Waals surface area (Å²) in [7, 11) is 1.48. The van der Waals surface area contributed by atoms with Crippen molar-refractivity contribution in [2.24, 2.45) is 0 Å². The van der Waals surface area contributed by atoms with Gasteiger partial charge in [0.25, 0.3) is 0 Å². The summed E-state index contributed by atoms with van der Waals surface area (Å²) >= 11 is 3.38. The molecular weight excluding hydrogens is 298 g/mol. The third-order valence-corrected chi connectivity index (χ3v) is 2.71. The van der Waals surface area contributed by atoms with Gasteiger partial charge in [0, 0.05) is 11.0 Å². The minimum Gasteiger partial charge on any atom is -0.467 e. The number of nitrogen functional groups attached to an aromatic ring is 1. The van der Waals surface area contributed by atoms with Gasteiger partial charge in [-0.2, -0.15) is 15.0 Å². The first kappa shape index (κ1) is 12.6. The van der Waals surface area contributed by atoms with E-state index in [-0.39, 0.29) is 12.0 Å². The standard InChI is InChI=1S/C11H12BrN5O/c1-18-11-16-9(13)15-10(17-11)14-6-7-2-4-8(12)5-3-7/h2-5H,6H2,1H3,(H3,13,14,15,16,17). The lowest BCUT2D eigenvalue weighted by atomic mass is 10.2. The minimum atomic E-state index is 0.125. The predicted molar refractivity (Wildman–Crippen MR) is 72.3 cm³/mol. The summed E-state index contributed by atoms with van der Waals surface area (Å²) in [4.78, 5) is 11.8. The Morgan fingerprint density at radius 2 is 1.94 bits per heavy atom. The van der Waals surface area contributed by atoms with E-state index in [1.165, 1.54) is 7.11 Å². The largest absolute Gasteiger partial charge is 0.467 e. The molecule has 0 aliphatic carbocycles. The predicted octanol–water partition coefficient (Wildman–Crippen LogP) is 1.84. The Balaban J connectivity index is 2.05. The number of nitrogens with one attached hydrogen (secondary N) is 1.